The number of nitrogens with one attached hydrogen (secondary N) is 1. The van der Waals surface area contributed by atoms with E-state index < -0.39 is 5.97 Å². The molecule has 98 valence electrons. The molecule has 1 heterocycles. The van der Waals surface area contributed by atoms with Crippen LogP contribution in [-0.4, -0.2) is 24.0 Å². The number of thiazole rings is 1. The van der Waals surface area contributed by atoms with Gasteiger partial charge in [-0.2, -0.15) is 0 Å². The summed E-state index contributed by atoms with van der Waals surface area (Å²) in [7, 11) is 1.31. The largest absolute Gasteiger partial charge is 0.465 e. The van der Waals surface area contributed by atoms with Crippen molar-refractivity contribution in [3.05, 3.63) is 45.9 Å². The molecule has 6 heteroatoms. The summed E-state index contributed by atoms with van der Waals surface area (Å²) in [5.74, 6) is -0.674. The average Bonchev–Trinajstić information content (AvgIpc) is 2.84. The summed E-state index contributed by atoms with van der Waals surface area (Å²) in [5, 5.41) is 2.73. The van der Waals surface area contributed by atoms with Crippen LogP contribution in [0.5, 0.6) is 0 Å². The number of amides is 1. The van der Waals surface area contributed by atoms with Crippen LogP contribution in [0.4, 0.5) is 5.69 Å². The number of hydrogen-bond acceptors (Lipinski definition) is 5. The average molecular weight is 276 g/mol. The zero-order valence-corrected chi connectivity index (χ0v) is 11.3. The molecule has 1 N–H and O–H groups in total. The van der Waals surface area contributed by atoms with E-state index in [9.17, 15) is 9.59 Å². The Morgan fingerprint density at radius 2 is 2.16 bits per heavy atom. The highest BCUT2D eigenvalue weighted by molar-refractivity contribution is 7.12. The summed E-state index contributed by atoms with van der Waals surface area (Å²) in [5.41, 5.74) is 3.24. The number of anilines is 1. The third kappa shape index (κ3) is 2.97. The van der Waals surface area contributed by atoms with Gasteiger partial charge < -0.3 is 10.1 Å². The van der Waals surface area contributed by atoms with Gasteiger partial charge >= 0.3 is 5.97 Å². The molecule has 0 spiro atoms. The maximum atomic E-state index is 12.0. The second kappa shape index (κ2) is 5.62. The number of carbonyl (C=O) groups is 2. The first-order valence-electron chi connectivity index (χ1n) is 5.51. The van der Waals surface area contributed by atoms with Gasteiger partial charge in [-0.05, 0) is 25.1 Å². The van der Waals surface area contributed by atoms with Gasteiger partial charge in [-0.1, -0.05) is 6.07 Å². The zero-order chi connectivity index (χ0) is 13.8. The third-order valence-corrected chi connectivity index (χ3v) is 3.42. The van der Waals surface area contributed by atoms with Crippen LogP contribution < -0.4 is 5.32 Å². The van der Waals surface area contributed by atoms with E-state index in [0.29, 0.717) is 21.8 Å². The minimum Gasteiger partial charge on any atom is -0.465 e. The first-order chi connectivity index (χ1) is 9.11. The SMILES string of the molecule is COC(=O)c1cccc(NC(=O)c2scnc2C)c1. The van der Waals surface area contributed by atoms with Crippen molar-refractivity contribution >= 4 is 28.9 Å². The first kappa shape index (κ1) is 13.2. The van der Waals surface area contributed by atoms with E-state index in [1.54, 1.807) is 36.7 Å². The monoisotopic (exact) mass is 276 g/mol. The number of ether oxygens (including phenoxy) is 1. The van der Waals surface area contributed by atoms with Crippen LogP contribution in [0.3, 0.4) is 0 Å². The quantitative estimate of drug-likeness (QED) is 0.874. The molecular weight excluding hydrogens is 264 g/mol. The Kier molecular flexibility index (Phi) is 3.91. The lowest BCUT2D eigenvalue weighted by atomic mass is 10.2. The van der Waals surface area contributed by atoms with Gasteiger partial charge in [0.1, 0.15) is 4.88 Å². The minimum absolute atomic E-state index is 0.234. The van der Waals surface area contributed by atoms with Crippen LogP contribution in [0, 0.1) is 6.92 Å². The zero-order valence-electron chi connectivity index (χ0n) is 10.5. The second-order valence-electron chi connectivity index (χ2n) is 3.79. The highest BCUT2D eigenvalue weighted by Gasteiger charge is 2.13. The number of methoxy groups -OCH3 is 1. The fourth-order valence-corrected chi connectivity index (χ4v) is 2.25. The van der Waals surface area contributed by atoms with Gasteiger partial charge in [-0.25, -0.2) is 9.78 Å². The lowest BCUT2D eigenvalue weighted by Crippen LogP contribution is -2.12. The maximum absolute atomic E-state index is 12.0. The van der Waals surface area contributed by atoms with E-state index in [0.717, 1.165) is 0 Å². The molecule has 2 rings (SSSR count). The summed E-state index contributed by atoms with van der Waals surface area (Å²) < 4.78 is 4.63. The molecule has 19 heavy (non-hydrogen) atoms. The number of nitrogens with zero attached hydrogens (tertiary/aromatic N) is 1. The minimum atomic E-state index is -0.440. The van der Waals surface area contributed by atoms with Gasteiger partial charge in [0.05, 0.1) is 23.9 Å². The topological polar surface area (TPSA) is 68.3 Å². The Balaban J connectivity index is 2.18. The Morgan fingerprint density at radius 3 is 2.79 bits per heavy atom. The fraction of sp³-hybridized carbons (Fsp3) is 0.154. The van der Waals surface area contributed by atoms with Crippen molar-refractivity contribution in [1.82, 2.24) is 4.98 Å². The lowest BCUT2D eigenvalue weighted by Gasteiger charge is -2.05. The number of carbonyl (C=O) groups excluding carboxylic acids is 2. The smallest absolute Gasteiger partial charge is 0.337 e. The lowest BCUT2D eigenvalue weighted by molar-refractivity contribution is 0.0600. The summed E-state index contributed by atoms with van der Waals surface area (Å²) in [6, 6.07) is 6.58. The van der Waals surface area contributed by atoms with Crippen LogP contribution in [0.25, 0.3) is 0 Å². The van der Waals surface area contributed by atoms with Gasteiger partial charge in [-0.15, -0.1) is 11.3 Å². The molecule has 0 fully saturated rings. The Morgan fingerprint density at radius 1 is 1.37 bits per heavy atom. The second-order valence-corrected chi connectivity index (χ2v) is 4.65. The van der Waals surface area contributed by atoms with Crippen molar-refractivity contribution in [3.8, 4) is 0 Å². The van der Waals surface area contributed by atoms with Crippen molar-refractivity contribution in [2.24, 2.45) is 0 Å². The van der Waals surface area contributed by atoms with Crippen LogP contribution in [0.2, 0.25) is 0 Å². The molecule has 0 atom stereocenters. The van der Waals surface area contributed by atoms with Crippen molar-refractivity contribution in [2.75, 3.05) is 12.4 Å². The summed E-state index contributed by atoms with van der Waals surface area (Å²) >= 11 is 1.28. The number of benzene rings is 1. The number of esters is 1. The highest BCUT2D eigenvalue weighted by Crippen LogP contribution is 2.16. The van der Waals surface area contributed by atoms with Crippen LogP contribution in [-0.2, 0) is 4.74 Å². The summed E-state index contributed by atoms with van der Waals surface area (Å²) in [6.07, 6.45) is 0. The Bertz CT molecular complexity index is 622. The molecule has 0 unspecified atom stereocenters. The fourth-order valence-electron chi connectivity index (χ4n) is 1.55. The summed E-state index contributed by atoms with van der Waals surface area (Å²) in [4.78, 5) is 28.0. The summed E-state index contributed by atoms with van der Waals surface area (Å²) in [6.45, 7) is 1.77. The highest BCUT2D eigenvalue weighted by atomic mass is 32.1. The van der Waals surface area contributed by atoms with E-state index in [4.69, 9.17) is 0 Å². The molecule has 1 aromatic carbocycles. The molecule has 0 aliphatic carbocycles. The van der Waals surface area contributed by atoms with Crippen LogP contribution in [0.1, 0.15) is 25.7 Å². The molecule has 0 aliphatic rings. The molecule has 2 aromatic rings. The number of rotatable bonds is 3. The predicted octanol–water partition coefficient (Wildman–Crippen LogP) is 2.49. The van der Waals surface area contributed by atoms with E-state index in [1.807, 2.05) is 0 Å². The van der Waals surface area contributed by atoms with Crippen molar-refractivity contribution < 1.29 is 14.3 Å². The standard InChI is InChI=1S/C13H12N2O3S/c1-8-11(19-7-14-8)12(16)15-10-5-3-4-9(6-10)13(17)18-2/h3-7H,1-2H3,(H,15,16). The molecule has 0 aliphatic heterocycles. The molecule has 0 radical (unpaired) electrons. The van der Waals surface area contributed by atoms with Crippen LogP contribution >= 0.6 is 11.3 Å². The van der Waals surface area contributed by atoms with E-state index in [1.165, 1.54) is 18.4 Å². The van der Waals surface area contributed by atoms with Gasteiger partial charge in [0.15, 0.2) is 0 Å². The Hall–Kier alpha value is -2.21. The Labute approximate surface area is 114 Å². The first-order valence-corrected chi connectivity index (χ1v) is 6.39. The van der Waals surface area contributed by atoms with Gasteiger partial charge in [0, 0.05) is 5.69 Å². The molecular formula is C13H12N2O3S. The van der Waals surface area contributed by atoms with E-state index in [-0.39, 0.29) is 5.91 Å². The molecule has 1 aromatic heterocycles. The molecule has 0 saturated heterocycles. The molecule has 0 bridgehead atoms. The predicted molar refractivity (Wildman–Crippen MR) is 72.6 cm³/mol. The number of aryl methyl sites for hydroxylation is 1. The molecule has 0 saturated carbocycles. The van der Waals surface area contributed by atoms with Crippen molar-refractivity contribution in [1.29, 1.82) is 0 Å². The maximum Gasteiger partial charge on any atom is 0.337 e. The number of aromatic nitrogens is 1. The van der Waals surface area contributed by atoms with E-state index >= 15 is 0 Å². The van der Waals surface area contributed by atoms with Gasteiger partial charge in [0.25, 0.3) is 5.91 Å². The normalized spacial score (nSPS) is 10.0. The van der Waals surface area contributed by atoms with Crippen molar-refractivity contribution in [3.63, 3.8) is 0 Å². The number of hydrogen-bond donors (Lipinski definition) is 1. The molecule has 5 nitrogen and oxygen atoms in total. The van der Waals surface area contributed by atoms with Crippen molar-refractivity contribution in [2.45, 2.75) is 6.92 Å². The van der Waals surface area contributed by atoms with Gasteiger partial charge in [0.2, 0.25) is 0 Å². The van der Waals surface area contributed by atoms with Gasteiger partial charge in [-0.3, -0.25) is 4.79 Å². The van der Waals surface area contributed by atoms with E-state index in [2.05, 4.69) is 15.0 Å². The molecule has 1 amide bonds. The van der Waals surface area contributed by atoms with Crippen LogP contribution in [0.15, 0.2) is 29.8 Å². The third-order valence-electron chi connectivity index (χ3n) is 2.49.